The minimum Gasteiger partial charge on any atom is -0.352 e. The SMILES string of the molecule is CC(C)CNC(=O)c1cccc(C=O)c1. The number of carbonyl (C=O) groups is 2. The molecule has 1 aromatic carbocycles. The van der Waals surface area contributed by atoms with Gasteiger partial charge in [-0.25, -0.2) is 0 Å². The molecular weight excluding hydrogens is 190 g/mol. The Hall–Kier alpha value is -1.64. The van der Waals surface area contributed by atoms with Crippen LogP contribution in [0.1, 0.15) is 34.6 Å². The van der Waals surface area contributed by atoms with Crippen LogP contribution in [0.25, 0.3) is 0 Å². The fraction of sp³-hybridized carbons (Fsp3) is 0.333. The maximum Gasteiger partial charge on any atom is 0.251 e. The molecule has 15 heavy (non-hydrogen) atoms. The summed E-state index contributed by atoms with van der Waals surface area (Å²) in [6.45, 7) is 4.70. The van der Waals surface area contributed by atoms with E-state index in [0.717, 1.165) is 6.29 Å². The number of hydrogen-bond donors (Lipinski definition) is 1. The predicted octanol–water partition coefficient (Wildman–Crippen LogP) is 1.88. The van der Waals surface area contributed by atoms with Crippen molar-refractivity contribution in [2.45, 2.75) is 13.8 Å². The Balaban J connectivity index is 2.69. The van der Waals surface area contributed by atoms with Crippen LogP contribution >= 0.6 is 0 Å². The average molecular weight is 205 g/mol. The Labute approximate surface area is 89.5 Å². The highest BCUT2D eigenvalue weighted by molar-refractivity contribution is 5.95. The Morgan fingerprint density at radius 2 is 2.20 bits per heavy atom. The molecule has 0 fully saturated rings. The predicted molar refractivity (Wildman–Crippen MR) is 59.0 cm³/mol. The van der Waals surface area contributed by atoms with Gasteiger partial charge in [-0.05, 0) is 18.1 Å². The first-order valence-corrected chi connectivity index (χ1v) is 4.97. The van der Waals surface area contributed by atoms with Crippen LogP contribution in [0.5, 0.6) is 0 Å². The summed E-state index contributed by atoms with van der Waals surface area (Å²) in [6, 6.07) is 6.66. The zero-order chi connectivity index (χ0) is 11.3. The Kier molecular flexibility index (Phi) is 4.03. The van der Waals surface area contributed by atoms with Crippen LogP contribution in [0.4, 0.5) is 0 Å². The lowest BCUT2D eigenvalue weighted by Crippen LogP contribution is -2.27. The standard InChI is InChI=1S/C12H15NO2/c1-9(2)7-13-12(15)11-5-3-4-10(6-11)8-14/h3-6,8-9H,7H2,1-2H3,(H,13,15). The average Bonchev–Trinajstić information content (AvgIpc) is 2.26. The summed E-state index contributed by atoms with van der Waals surface area (Å²) in [5.74, 6) is 0.288. The van der Waals surface area contributed by atoms with Crippen LogP contribution in [0.15, 0.2) is 24.3 Å². The summed E-state index contributed by atoms with van der Waals surface area (Å²) >= 11 is 0. The van der Waals surface area contributed by atoms with Crippen LogP contribution in [-0.4, -0.2) is 18.7 Å². The zero-order valence-electron chi connectivity index (χ0n) is 8.99. The van der Waals surface area contributed by atoms with Gasteiger partial charge in [-0.3, -0.25) is 9.59 Å². The van der Waals surface area contributed by atoms with Crippen molar-refractivity contribution in [1.82, 2.24) is 5.32 Å². The van der Waals surface area contributed by atoms with E-state index in [-0.39, 0.29) is 5.91 Å². The summed E-state index contributed by atoms with van der Waals surface area (Å²) in [7, 11) is 0. The van der Waals surface area contributed by atoms with E-state index >= 15 is 0 Å². The van der Waals surface area contributed by atoms with Crippen LogP contribution in [-0.2, 0) is 0 Å². The highest BCUT2D eigenvalue weighted by Crippen LogP contribution is 2.03. The molecule has 1 N–H and O–H groups in total. The van der Waals surface area contributed by atoms with Crippen LogP contribution in [0, 0.1) is 5.92 Å². The molecule has 0 radical (unpaired) electrons. The first-order chi connectivity index (χ1) is 7.13. The van der Waals surface area contributed by atoms with Crippen molar-refractivity contribution in [3.63, 3.8) is 0 Å². The smallest absolute Gasteiger partial charge is 0.251 e. The van der Waals surface area contributed by atoms with Gasteiger partial charge in [0.1, 0.15) is 6.29 Å². The van der Waals surface area contributed by atoms with E-state index in [9.17, 15) is 9.59 Å². The molecule has 1 amide bonds. The van der Waals surface area contributed by atoms with Gasteiger partial charge in [-0.2, -0.15) is 0 Å². The fourth-order valence-corrected chi connectivity index (χ4v) is 1.15. The minimum atomic E-state index is -0.132. The number of rotatable bonds is 4. The van der Waals surface area contributed by atoms with E-state index in [2.05, 4.69) is 5.32 Å². The number of benzene rings is 1. The molecule has 0 saturated heterocycles. The summed E-state index contributed by atoms with van der Waals surface area (Å²) in [5, 5.41) is 2.79. The molecule has 0 aliphatic heterocycles. The minimum absolute atomic E-state index is 0.132. The summed E-state index contributed by atoms with van der Waals surface area (Å²) in [6.07, 6.45) is 0.735. The van der Waals surface area contributed by atoms with E-state index in [1.807, 2.05) is 13.8 Å². The van der Waals surface area contributed by atoms with E-state index in [4.69, 9.17) is 0 Å². The number of hydrogen-bond acceptors (Lipinski definition) is 2. The van der Waals surface area contributed by atoms with Crippen LogP contribution in [0.2, 0.25) is 0 Å². The molecule has 0 spiro atoms. The van der Waals surface area contributed by atoms with Crippen molar-refractivity contribution < 1.29 is 9.59 Å². The monoisotopic (exact) mass is 205 g/mol. The van der Waals surface area contributed by atoms with Gasteiger partial charge in [0, 0.05) is 17.7 Å². The van der Waals surface area contributed by atoms with Crippen molar-refractivity contribution in [3.8, 4) is 0 Å². The summed E-state index contributed by atoms with van der Waals surface area (Å²) in [4.78, 5) is 22.1. The van der Waals surface area contributed by atoms with E-state index in [1.165, 1.54) is 0 Å². The Morgan fingerprint density at radius 3 is 2.80 bits per heavy atom. The van der Waals surface area contributed by atoms with Gasteiger partial charge in [0.05, 0.1) is 0 Å². The third-order valence-electron chi connectivity index (χ3n) is 1.96. The first kappa shape index (κ1) is 11.4. The third kappa shape index (κ3) is 3.54. The molecule has 0 atom stereocenters. The lowest BCUT2D eigenvalue weighted by atomic mass is 10.1. The first-order valence-electron chi connectivity index (χ1n) is 4.97. The lowest BCUT2D eigenvalue weighted by Gasteiger charge is -2.07. The highest BCUT2D eigenvalue weighted by Gasteiger charge is 2.05. The number of nitrogens with one attached hydrogen (secondary N) is 1. The van der Waals surface area contributed by atoms with Gasteiger partial charge in [-0.15, -0.1) is 0 Å². The van der Waals surface area contributed by atoms with Gasteiger partial charge < -0.3 is 5.32 Å². The molecule has 1 aromatic rings. The molecule has 80 valence electrons. The molecule has 0 aliphatic rings. The Morgan fingerprint density at radius 1 is 1.47 bits per heavy atom. The van der Waals surface area contributed by atoms with Gasteiger partial charge >= 0.3 is 0 Å². The highest BCUT2D eigenvalue weighted by atomic mass is 16.1. The van der Waals surface area contributed by atoms with Gasteiger partial charge in [0.15, 0.2) is 0 Å². The van der Waals surface area contributed by atoms with Crippen molar-refractivity contribution in [2.75, 3.05) is 6.54 Å². The van der Waals surface area contributed by atoms with Gasteiger partial charge in [0.2, 0.25) is 0 Å². The fourth-order valence-electron chi connectivity index (χ4n) is 1.15. The van der Waals surface area contributed by atoms with E-state index in [0.29, 0.717) is 23.6 Å². The normalized spacial score (nSPS) is 10.1. The quantitative estimate of drug-likeness (QED) is 0.763. The van der Waals surface area contributed by atoms with Crippen LogP contribution < -0.4 is 5.32 Å². The topological polar surface area (TPSA) is 46.2 Å². The largest absolute Gasteiger partial charge is 0.352 e. The molecule has 0 bridgehead atoms. The van der Waals surface area contributed by atoms with Crippen molar-refractivity contribution in [3.05, 3.63) is 35.4 Å². The maximum atomic E-state index is 11.6. The molecule has 1 rings (SSSR count). The second kappa shape index (κ2) is 5.29. The number of carbonyl (C=O) groups excluding carboxylic acids is 2. The maximum absolute atomic E-state index is 11.6. The number of aldehydes is 1. The van der Waals surface area contributed by atoms with Gasteiger partial charge in [-0.1, -0.05) is 26.0 Å². The van der Waals surface area contributed by atoms with Gasteiger partial charge in [0.25, 0.3) is 5.91 Å². The summed E-state index contributed by atoms with van der Waals surface area (Å²) in [5.41, 5.74) is 1.05. The van der Waals surface area contributed by atoms with Crippen molar-refractivity contribution in [1.29, 1.82) is 0 Å². The van der Waals surface area contributed by atoms with Crippen molar-refractivity contribution in [2.24, 2.45) is 5.92 Å². The molecule has 3 heteroatoms. The summed E-state index contributed by atoms with van der Waals surface area (Å²) < 4.78 is 0. The molecule has 0 aliphatic carbocycles. The molecular formula is C12H15NO2. The second-order valence-electron chi connectivity index (χ2n) is 3.85. The zero-order valence-corrected chi connectivity index (χ0v) is 8.99. The van der Waals surface area contributed by atoms with E-state index < -0.39 is 0 Å². The van der Waals surface area contributed by atoms with E-state index in [1.54, 1.807) is 24.3 Å². The lowest BCUT2D eigenvalue weighted by molar-refractivity contribution is 0.0949. The Bertz CT molecular complexity index is 358. The molecule has 0 aromatic heterocycles. The molecule has 3 nitrogen and oxygen atoms in total. The van der Waals surface area contributed by atoms with Crippen molar-refractivity contribution >= 4 is 12.2 Å². The second-order valence-corrected chi connectivity index (χ2v) is 3.85. The molecule has 0 unspecified atom stereocenters. The molecule has 0 saturated carbocycles. The van der Waals surface area contributed by atoms with Crippen LogP contribution in [0.3, 0.4) is 0 Å². The number of amides is 1. The molecule has 0 heterocycles. The third-order valence-corrected chi connectivity index (χ3v) is 1.96.